The Kier molecular flexibility index (Phi) is 3.39. The van der Waals surface area contributed by atoms with Crippen molar-refractivity contribution in [3.8, 4) is 0 Å². The van der Waals surface area contributed by atoms with Crippen LogP contribution < -0.4 is 5.32 Å². The van der Waals surface area contributed by atoms with Crippen LogP contribution in [0.15, 0.2) is 24.3 Å². The molecular weight excluding hydrogens is 186 g/mol. The summed E-state index contributed by atoms with van der Waals surface area (Å²) in [6.07, 6.45) is 0. The van der Waals surface area contributed by atoms with E-state index in [-0.39, 0.29) is 0 Å². The number of rotatable bonds is 4. The van der Waals surface area contributed by atoms with Crippen LogP contribution in [0, 0.1) is 6.92 Å². The van der Waals surface area contributed by atoms with Gasteiger partial charge >= 0.3 is 0 Å². The first kappa shape index (κ1) is 10.7. The molecule has 1 aliphatic rings. The van der Waals surface area contributed by atoms with Gasteiger partial charge in [0.1, 0.15) is 0 Å². The molecule has 1 atom stereocenters. The molecule has 1 aliphatic heterocycles. The van der Waals surface area contributed by atoms with Crippen LogP contribution in [0.4, 0.5) is 0 Å². The van der Waals surface area contributed by atoms with E-state index in [1.54, 1.807) is 0 Å². The predicted octanol–water partition coefficient (Wildman–Crippen LogP) is 2.09. The molecule has 82 valence electrons. The molecule has 1 unspecified atom stereocenters. The van der Waals surface area contributed by atoms with Crippen LogP contribution in [0.3, 0.4) is 0 Å². The van der Waals surface area contributed by atoms with Gasteiger partial charge in [-0.05, 0) is 18.4 Å². The molecule has 1 aromatic carbocycles. The summed E-state index contributed by atoms with van der Waals surface area (Å²) in [5, 5.41) is 3.51. The Morgan fingerprint density at radius 1 is 1.47 bits per heavy atom. The minimum atomic E-state index is 0.575. The molecule has 0 aliphatic carbocycles. The first-order valence-electron chi connectivity index (χ1n) is 5.63. The average molecular weight is 205 g/mol. The lowest BCUT2D eigenvalue weighted by atomic mass is 9.99. The molecule has 1 aromatic rings. The minimum absolute atomic E-state index is 0.575. The fourth-order valence-corrected chi connectivity index (χ4v) is 1.79. The lowest BCUT2D eigenvalue weighted by Gasteiger charge is -2.28. The fourth-order valence-electron chi connectivity index (χ4n) is 1.79. The van der Waals surface area contributed by atoms with Crippen molar-refractivity contribution >= 4 is 0 Å². The lowest BCUT2D eigenvalue weighted by Crippen LogP contribution is -2.47. The third-order valence-electron chi connectivity index (χ3n) is 2.96. The molecule has 0 radical (unpaired) electrons. The van der Waals surface area contributed by atoms with Crippen LogP contribution in [0.1, 0.15) is 24.0 Å². The van der Waals surface area contributed by atoms with E-state index in [1.165, 1.54) is 11.1 Å². The average Bonchev–Trinajstić information content (AvgIpc) is 2.15. The Morgan fingerprint density at radius 3 is 2.87 bits per heavy atom. The van der Waals surface area contributed by atoms with Gasteiger partial charge in [0.25, 0.3) is 0 Å². The van der Waals surface area contributed by atoms with Crippen molar-refractivity contribution < 1.29 is 4.74 Å². The van der Waals surface area contributed by atoms with Crippen LogP contribution in [0.5, 0.6) is 0 Å². The van der Waals surface area contributed by atoms with Gasteiger partial charge in [0.05, 0.1) is 19.3 Å². The molecular formula is C13H19NO. The van der Waals surface area contributed by atoms with Crippen LogP contribution in [0.2, 0.25) is 0 Å². The highest BCUT2D eigenvalue weighted by Gasteiger charge is 2.18. The van der Waals surface area contributed by atoms with Crippen molar-refractivity contribution in [2.45, 2.75) is 25.8 Å². The van der Waals surface area contributed by atoms with Gasteiger partial charge in [-0.25, -0.2) is 0 Å². The molecule has 2 nitrogen and oxygen atoms in total. The summed E-state index contributed by atoms with van der Waals surface area (Å²) in [5.74, 6) is 0.575. The summed E-state index contributed by atoms with van der Waals surface area (Å²) < 4.78 is 5.13. The Hall–Kier alpha value is -0.860. The second-order valence-corrected chi connectivity index (χ2v) is 4.46. The third kappa shape index (κ3) is 2.80. The third-order valence-corrected chi connectivity index (χ3v) is 2.96. The van der Waals surface area contributed by atoms with E-state index in [0.29, 0.717) is 12.0 Å². The summed E-state index contributed by atoms with van der Waals surface area (Å²) in [5.41, 5.74) is 2.76. The van der Waals surface area contributed by atoms with Crippen LogP contribution in [-0.4, -0.2) is 25.8 Å². The molecule has 0 saturated carbocycles. The minimum Gasteiger partial charge on any atom is -0.378 e. The molecule has 2 heteroatoms. The second kappa shape index (κ2) is 4.77. The number of nitrogens with one attached hydrogen (secondary N) is 1. The van der Waals surface area contributed by atoms with E-state index in [2.05, 4.69) is 43.4 Å². The zero-order valence-electron chi connectivity index (χ0n) is 9.49. The van der Waals surface area contributed by atoms with Gasteiger partial charge in [-0.1, -0.05) is 36.8 Å². The van der Waals surface area contributed by atoms with E-state index >= 15 is 0 Å². The standard InChI is InChI=1S/C13H19NO/c1-10-4-3-5-12(6-10)11(2)7-14-13-8-15-9-13/h3-6,11,13-14H,7-9H2,1-2H3. The van der Waals surface area contributed by atoms with Crippen molar-refractivity contribution in [2.75, 3.05) is 19.8 Å². The first-order valence-corrected chi connectivity index (χ1v) is 5.63. The number of hydrogen-bond donors (Lipinski definition) is 1. The summed E-state index contributed by atoms with van der Waals surface area (Å²) >= 11 is 0. The maximum absolute atomic E-state index is 5.13. The highest BCUT2D eigenvalue weighted by Crippen LogP contribution is 2.16. The normalized spacial score (nSPS) is 18.5. The van der Waals surface area contributed by atoms with E-state index in [9.17, 15) is 0 Å². The van der Waals surface area contributed by atoms with Gasteiger partial charge in [0.15, 0.2) is 0 Å². The molecule has 1 saturated heterocycles. The lowest BCUT2D eigenvalue weighted by molar-refractivity contribution is -0.00530. The topological polar surface area (TPSA) is 21.3 Å². The van der Waals surface area contributed by atoms with Crippen molar-refractivity contribution in [3.05, 3.63) is 35.4 Å². The molecule has 0 amide bonds. The molecule has 0 bridgehead atoms. The summed E-state index contributed by atoms with van der Waals surface area (Å²) in [6.45, 7) is 7.20. The van der Waals surface area contributed by atoms with E-state index in [0.717, 1.165) is 19.8 Å². The van der Waals surface area contributed by atoms with E-state index < -0.39 is 0 Å². The van der Waals surface area contributed by atoms with Crippen LogP contribution in [0.25, 0.3) is 0 Å². The van der Waals surface area contributed by atoms with Gasteiger partial charge in [0.2, 0.25) is 0 Å². The highest BCUT2D eigenvalue weighted by molar-refractivity contribution is 5.25. The number of ether oxygens (including phenoxy) is 1. The highest BCUT2D eigenvalue weighted by atomic mass is 16.5. The summed E-state index contributed by atoms with van der Waals surface area (Å²) in [6, 6.07) is 9.33. The maximum atomic E-state index is 5.13. The Bertz CT molecular complexity index is 320. The Labute approximate surface area is 91.6 Å². The molecule has 1 fully saturated rings. The second-order valence-electron chi connectivity index (χ2n) is 4.46. The number of hydrogen-bond acceptors (Lipinski definition) is 2. The van der Waals surface area contributed by atoms with Crippen LogP contribution >= 0.6 is 0 Å². The monoisotopic (exact) mass is 205 g/mol. The Morgan fingerprint density at radius 2 is 2.27 bits per heavy atom. The van der Waals surface area contributed by atoms with Crippen molar-refractivity contribution in [1.82, 2.24) is 5.32 Å². The van der Waals surface area contributed by atoms with Crippen molar-refractivity contribution in [1.29, 1.82) is 0 Å². The predicted molar refractivity (Wildman–Crippen MR) is 62.2 cm³/mol. The fraction of sp³-hybridized carbons (Fsp3) is 0.538. The number of benzene rings is 1. The Balaban J connectivity index is 1.86. The van der Waals surface area contributed by atoms with Crippen molar-refractivity contribution in [3.63, 3.8) is 0 Å². The SMILES string of the molecule is Cc1cccc(C(C)CNC2COC2)c1. The molecule has 1 N–H and O–H groups in total. The van der Waals surface area contributed by atoms with Gasteiger partial charge in [-0.3, -0.25) is 0 Å². The van der Waals surface area contributed by atoms with Gasteiger partial charge in [0, 0.05) is 6.54 Å². The van der Waals surface area contributed by atoms with E-state index in [4.69, 9.17) is 4.74 Å². The zero-order valence-corrected chi connectivity index (χ0v) is 9.49. The zero-order chi connectivity index (χ0) is 10.7. The van der Waals surface area contributed by atoms with Crippen LogP contribution in [-0.2, 0) is 4.74 Å². The molecule has 0 aromatic heterocycles. The summed E-state index contributed by atoms with van der Waals surface area (Å²) in [7, 11) is 0. The number of aryl methyl sites for hydroxylation is 1. The van der Waals surface area contributed by atoms with Gasteiger partial charge in [-0.2, -0.15) is 0 Å². The first-order chi connectivity index (χ1) is 7.25. The largest absolute Gasteiger partial charge is 0.378 e. The quantitative estimate of drug-likeness (QED) is 0.812. The molecule has 1 heterocycles. The van der Waals surface area contributed by atoms with E-state index in [1.807, 2.05) is 0 Å². The smallest absolute Gasteiger partial charge is 0.0643 e. The maximum Gasteiger partial charge on any atom is 0.0643 e. The van der Waals surface area contributed by atoms with Gasteiger partial charge in [-0.15, -0.1) is 0 Å². The summed E-state index contributed by atoms with van der Waals surface area (Å²) in [4.78, 5) is 0. The van der Waals surface area contributed by atoms with Crippen molar-refractivity contribution in [2.24, 2.45) is 0 Å². The van der Waals surface area contributed by atoms with Gasteiger partial charge < -0.3 is 10.1 Å². The molecule has 15 heavy (non-hydrogen) atoms. The molecule has 2 rings (SSSR count). The molecule has 0 spiro atoms.